The molecule has 0 aromatic heterocycles. The summed E-state index contributed by atoms with van der Waals surface area (Å²) in [6.45, 7) is 10.2. The molecule has 148 valence electrons. The van der Waals surface area contributed by atoms with Gasteiger partial charge in [-0.3, -0.25) is 0 Å². The SMILES string of the molecule is CC(C)CC1COC(c2cc3ccccc3cc2C2=NC(CC(C)C)CO2)=N1. The summed E-state index contributed by atoms with van der Waals surface area (Å²) in [5.74, 6) is 2.66. The Balaban J connectivity index is 1.74. The molecule has 0 amide bonds. The third-order valence-corrected chi connectivity index (χ3v) is 5.26. The van der Waals surface area contributed by atoms with Crippen LogP contribution in [0.25, 0.3) is 10.8 Å². The number of benzene rings is 2. The van der Waals surface area contributed by atoms with E-state index >= 15 is 0 Å². The minimum Gasteiger partial charge on any atom is -0.475 e. The fraction of sp³-hybridized carbons (Fsp3) is 0.500. The van der Waals surface area contributed by atoms with E-state index in [4.69, 9.17) is 19.5 Å². The van der Waals surface area contributed by atoms with Gasteiger partial charge in [0.2, 0.25) is 11.8 Å². The van der Waals surface area contributed by atoms with Gasteiger partial charge in [0.25, 0.3) is 0 Å². The highest BCUT2D eigenvalue weighted by Gasteiger charge is 2.28. The maximum atomic E-state index is 6.03. The first kappa shape index (κ1) is 19.0. The molecule has 2 aromatic carbocycles. The van der Waals surface area contributed by atoms with E-state index in [1.54, 1.807) is 0 Å². The van der Waals surface area contributed by atoms with Crippen LogP contribution >= 0.6 is 0 Å². The number of fused-ring (bicyclic) bond motifs is 1. The Labute approximate surface area is 167 Å². The van der Waals surface area contributed by atoms with Crippen molar-refractivity contribution < 1.29 is 9.47 Å². The molecular formula is C24H30N2O2. The second-order valence-corrected chi connectivity index (χ2v) is 8.80. The van der Waals surface area contributed by atoms with Crippen molar-refractivity contribution in [2.24, 2.45) is 21.8 Å². The van der Waals surface area contributed by atoms with Gasteiger partial charge in [-0.1, -0.05) is 52.0 Å². The monoisotopic (exact) mass is 378 g/mol. The highest BCUT2D eigenvalue weighted by molar-refractivity contribution is 6.11. The zero-order valence-electron chi connectivity index (χ0n) is 17.3. The van der Waals surface area contributed by atoms with Crippen LogP contribution in [0.4, 0.5) is 0 Å². The van der Waals surface area contributed by atoms with Gasteiger partial charge >= 0.3 is 0 Å². The molecule has 0 saturated carbocycles. The predicted octanol–water partition coefficient (Wildman–Crippen LogP) is 5.22. The van der Waals surface area contributed by atoms with E-state index in [9.17, 15) is 0 Å². The molecule has 0 N–H and O–H groups in total. The third kappa shape index (κ3) is 4.06. The Hall–Kier alpha value is -2.36. The Bertz CT molecular complexity index is 839. The lowest BCUT2D eigenvalue weighted by atomic mass is 10.00. The van der Waals surface area contributed by atoms with E-state index in [2.05, 4.69) is 64.1 Å². The fourth-order valence-corrected chi connectivity index (χ4v) is 4.05. The van der Waals surface area contributed by atoms with Gasteiger partial charge in [-0.2, -0.15) is 0 Å². The molecule has 2 aliphatic heterocycles. The van der Waals surface area contributed by atoms with E-state index < -0.39 is 0 Å². The van der Waals surface area contributed by atoms with Crippen LogP contribution in [0, 0.1) is 11.8 Å². The highest BCUT2D eigenvalue weighted by atomic mass is 16.5. The summed E-state index contributed by atoms with van der Waals surface area (Å²) in [5.41, 5.74) is 1.99. The van der Waals surface area contributed by atoms with Gasteiger partial charge in [-0.05, 0) is 47.6 Å². The van der Waals surface area contributed by atoms with Crippen molar-refractivity contribution in [3.63, 3.8) is 0 Å². The van der Waals surface area contributed by atoms with Crippen LogP contribution in [0.3, 0.4) is 0 Å². The number of aliphatic imine (C=N–C) groups is 2. The molecule has 4 rings (SSSR count). The largest absolute Gasteiger partial charge is 0.475 e. The molecule has 0 radical (unpaired) electrons. The van der Waals surface area contributed by atoms with Crippen molar-refractivity contribution in [3.05, 3.63) is 47.5 Å². The number of nitrogens with zero attached hydrogens (tertiary/aromatic N) is 2. The van der Waals surface area contributed by atoms with Gasteiger partial charge in [0.15, 0.2) is 0 Å². The molecule has 4 heteroatoms. The second kappa shape index (κ2) is 7.94. The van der Waals surface area contributed by atoms with Crippen molar-refractivity contribution in [2.45, 2.75) is 52.6 Å². The van der Waals surface area contributed by atoms with Gasteiger partial charge in [0, 0.05) is 11.1 Å². The van der Waals surface area contributed by atoms with Crippen LogP contribution in [0.1, 0.15) is 51.7 Å². The smallest absolute Gasteiger partial charge is 0.217 e. The average molecular weight is 379 g/mol. The highest BCUT2D eigenvalue weighted by Crippen LogP contribution is 2.28. The second-order valence-electron chi connectivity index (χ2n) is 8.80. The van der Waals surface area contributed by atoms with Crippen molar-refractivity contribution >= 4 is 22.6 Å². The molecule has 2 aliphatic rings. The average Bonchev–Trinajstić information content (AvgIpc) is 3.29. The molecule has 0 spiro atoms. The van der Waals surface area contributed by atoms with E-state index in [1.165, 1.54) is 10.8 Å². The lowest BCUT2D eigenvalue weighted by Crippen LogP contribution is -2.12. The number of rotatable bonds is 6. The minimum atomic E-state index is 0.231. The summed E-state index contributed by atoms with van der Waals surface area (Å²) < 4.78 is 12.1. The molecule has 0 aliphatic carbocycles. The normalized spacial score (nSPS) is 21.8. The van der Waals surface area contributed by atoms with E-state index in [0.717, 1.165) is 35.8 Å². The van der Waals surface area contributed by atoms with Gasteiger partial charge in [-0.25, -0.2) is 9.98 Å². The fourth-order valence-electron chi connectivity index (χ4n) is 4.05. The summed E-state index contributed by atoms with van der Waals surface area (Å²) in [4.78, 5) is 9.78. The van der Waals surface area contributed by atoms with Gasteiger partial charge in [0.1, 0.15) is 13.2 Å². The van der Waals surface area contributed by atoms with Gasteiger partial charge in [-0.15, -0.1) is 0 Å². The minimum absolute atomic E-state index is 0.231. The number of hydrogen-bond acceptors (Lipinski definition) is 4. The molecule has 0 saturated heterocycles. The topological polar surface area (TPSA) is 43.2 Å². The lowest BCUT2D eigenvalue weighted by Gasteiger charge is -2.11. The zero-order chi connectivity index (χ0) is 19.7. The first-order valence-electron chi connectivity index (χ1n) is 10.4. The molecular weight excluding hydrogens is 348 g/mol. The first-order chi connectivity index (χ1) is 13.5. The van der Waals surface area contributed by atoms with Crippen molar-refractivity contribution in [3.8, 4) is 0 Å². The Morgan fingerprint density at radius 3 is 1.61 bits per heavy atom. The Kier molecular flexibility index (Phi) is 5.38. The molecule has 0 fully saturated rings. The van der Waals surface area contributed by atoms with Gasteiger partial charge < -0.3 is 9.47 Å². The molecule has 2 aromatic rings. The zero-order valence-corrected chi connectivity index (χ0v) is 17.3. The van der Waals surface area contributed by atoms with Gasteiger partial charge in [0.05, 0.1) is 12.1 Å². The van der Waals surface area contributed by atoms with E-state index in [1.807, 2.05) is 0 Å². The van der Waals surface area contributed by atoms with E-state index in [-0.39, 0.29) is 12.1 Å². The maximum absolute atomic E-state index is 6.03. The van der Waals surface area contributed by atoms with Crippen molar-refractivity contribution in [1.29, 1.82) is 0 Å². The summed E-state index contributed by atoms with van der Waals surface area (Å²) in [5, 5.41) is 2.36. The number of hydrogen-bond donors (Lipinski definition) is 0. The standard InChI is InChI=1S/C24H30N2O2/c1-15(2)9-19-13-27-23(25-19)21-11-17-7-5-6-8-18(17)12-22(21)24-26-20(14-28-24)10-16(3)4/h5-8,11-12,15-16,19-20H,9-10,13-14H2,1-4H3. The van der Waals surface area contributed by atoms with Crippen molar-refractivity contribution in [2.75, 3.05) is 13.2 Å². The quantitative estimate of drug-likeness (QED) is 0.691. The Morgan fingerprint density at radius 1 is 0.786 bits per heavy atom. The molecule has 0 bridgehead atoms. The van der Waals surface area contributed by atoms with Crippen LogP contribution in [-0.2, 0) is 9.47 Å². The van der Waals surface area contributed by atoms with Crippen LogP contribution in [0.2, 0.25) is 0 Å². The van der Waals surface area contributed by atoms with Crippen molar-refractivity contribution in [1.82, 2.24) is 0 Å². The predicted molar refractivity (Wildman–Crippen MR) is 115 cm³/mol. The Morgan fingerprint density at radius 2 is 1.21 bits per heavy atom. The van der Waals surface area contributed by atoms with E-state index in [0.29, 0.717) is 25.0 Å². The number of ether oxygens (including phenoxy) is 2. The van der Waals surface area contributed by atoms with Crippen LogP contribution < -0.4 is 0 Å². The lowest BCUT2D eigenvalue weighted by molar-refractivity contribution is 0.299. The van der Waals surface area contributed by atoms with Crippen LogP contribution in [0.5, 0.6) is 0 Å². The van der Waals surface area contributed by atoms with Crippen LogP contribution in [0.15, 0.2) is 46.4 Å². The maximum Gasteiger partial charge on any atom is 0.217 e. The molecule has 2 unspecified atom stereocenters. The third-order valence-electron chi connectivity index (χ3n) is 5.26. The summed E-state index contributed by atoms with van der Waals surface area (Å²) in [6, 6.07) is 13.2. The summed E-state index contributed by atoms with van der Waals surface area (Å²) in [7, 11) is 0. The molecule has 28 heavy (non-hydrogen) atoms. The first-order valence-corrected chi connectivity index (χ1v) is 10.4. The summed E-state index contributed by atoms with van der Waals surface area (Å²) >= 11 is 0. The molecule has 4 nitrogen and oxygen atoms in total. The summed E-state index contributed by atoms with van der Waals surface area (Å²) in [6.07, 6.45) is 2.08. The molecule has 2 heterocycles. The van der Waals surface area contributed by atoms with Crippen LogP contribution in [-0.4, -0.2) is 37.1 Å². The molecule has 2 atom stereocenters.